The lowest BCUT2D eigenvalue weighted by molar-refractivity contribution is 0.285. The molecule has 48 valence electrons. The third kappa shape index (κ3) is 5.94. The van der Waals surface area contributed by atoms with Gasteiger partial charge < -0.3 is 15.2 Å². The van der Waals surface area contributed by atoms with Gasteiger partial charge >= 0.3 is 7.12 Å². The zero-order valence-corrected chi connectivity index (χ0v) is 4.75. The van der Waals surface area contributed by atoms with E-state index in [1.807, 2.05) is 0 Å². The van der Waals surface area contributed by atoms with Gasteiger partial charge in [-0.05, 0) is 12.7 Å². The summed E-state index contributed by atoms with van der Waals surface area (Å²) < 4.78 is 0. The highest BCUT2D eigenvalue weighted by Gasteiger charge is 2.03. The van der Waals surface area contributed by atoms with E-state index in [1.165, 1.54) is 0 Å². The van der Waals surface area contributed by atoms with Gasteiger partial charge in [0.15, 0.2) is 0 Å². The molecule has 0 heterocycles. The molecule has 0 fully saturated rings. The number of hydrogen-bond donors (Lipinski definition) is 3. The Kier molecular flexibility index (Phi) is 5.05. The van der Waals surface area contributed by atoms with Crippen molar-refractivity contribution in [3.63, 3.8) is 0 Å². The Morgan fingerprint density at radius 3 is 2.12 bits per heavy atom. The zero-order valence-electron chi connectivity index (χ0n) is 4.75. The number of aliphatic hydroxyl groups excluding tert-OH is 1. The van der Waals surface area contributed by atoms with Gasteiger partial charge in [0.05, 0.1) is 0 Å². The van der Waals surface area contributed by atoms with Crippen LogP contribution in [0, 0.1) is 0 Å². The summed E-state index contributed by atoms with van der Waals surface area (Å²) in [7, 11) is -1.21. The van der Waals surface area contributed by atoms with Crippen LogP contribution < -0.4 is 0 Å². The minimum absolute atomic E-state index is 0.132. The lowest BCUT2D eigenvalue weighted by Gasteiger charge is -1.94. The van der Waals surface area contributed by atoms with E-state index in [1.54, 1.807) is 0 Å². The molecular formula is C4H11BO3. The summed E-state index contributed by atoms with van der Waals surface area (Å²) >= 11 is 0. The first-order valence-corrected chi connectivity index (χ1v) is 2.74. The first-order chi connectivity index (χ1) is 3.77. The third-order valence-corrected chi connectivity index (χ3v) is 0.870. The molecule has 0 aliphatic carbocycles. The highest BCUT2D eigenvalue weighted by atomic mass is 16.4. The van der Waals surface area contributed by atoms with Crippen LogP contribution in [0.4, 0.5) is 0 Å². The van der Waals surface area contributed by atoms with Gasteiger partial charge in [-0.3, -0.25) is 0 Å². The molecule has 0 aromatic carbocycles. The molecule has 0 amide bonds. The molecule has 0 atom stereocenters. The van der Waals surface area contributed by atoms with Crippen molar-refractivity contribution >= 4 is 7.12 Å². The first kappa shape index (κ1) is 7.94. The van der Waals surface area contributed by atoms with Crippen molar-refractivity contribution in [2.24, 2.45) is 0 Å². The lowest BCUT2D eigenvalue weighted by atomic mass is 9.84. The number of hydrogen-bond acceptors (Lipinski definition) is 3. The Hall–Kier alpha value is -0.0551. The van der Waals surface area contributed by atoms with Gasteiger partial charge in [-0.15, -0.1) is 0 Å². The molecule has 0 saturated heterocycles. The van der Waals surface area contributed by atoms with Gasteiger partial charge in [0, 0.05) is 6.61 Å². The van der Waals surface area contributed by atoms with E-state index in [4.69, 9.17) is 15.2 Å². The summed E-state index contributed by atoms with van der Waals surface area (Å²) in [6.07, 6.45) is 1.69. The van der Waals surface area contributed by atoms with Gasteiger partial charge in [0.2, 0.25) is 0 Å². The van der Waals surface area contributed by atoms with Crippen molar-refractivity contribution < 1.29 is 15.2 Å². The highest BCUT2D eigenvalue weighted by molar-refractivity contribution is 6.40. The predicted molar refractivity (Wildman–Crippen MR) is 31.3 cm³/mol. The summed E-state index contributed by atoms with van der Waals surface area (Å²) in [5, 5.41) is 24.7. The SMILES string of the molecule is OCCCCB(O)O. The molecule has 0 unspecified atom stereocenters. The van der Waals surface area contributed by atoms with Crippen LogP contribution in [0.1, 0.15) is 12.8 Å². The van der Waals surface area contributed by atoms with Crippen molar-refractivity contribution in [1.82, 2.24) is 0 Å². The molecule has 0 saturated carbocycles. The fourth-order valence-corrected chi connectivity index (χ4v) is 0.439. The minimum Gasteiger partial charge on any atom is -0.427 e. The molecule has 0 aromatic rings. The van der Waals surface area contributed by atoms with Gasteiger partial charge in [-0.1, -0.05) is 6.42 Å². The van der Waals surface area contributed by atoms with Gasteiger partial charge in [0.25, 0.3) is 0 Å². The quantitative estimate of drug-likeness (QED) is 0.335. The van der Waals surface area contributed by atoms with Crippen molar-refractivity contribution in [1.29, 1.82) is 0 Å². The molecule has 0 bridgehead atoms. The number of aliphatic hydroxyl groups is 1. The zero-order chi connectivity index (χ0) is 6.41. The van der Waals surface area contributed by atoms with Crippen LogP contribution in [0.15, 0.2) is 0 Å². The molecule has 0 spiro atoms. The Bertz CT molecular complexity index is 48.5. The van der Waals surface area contributed by atoms with Gasteiger partial charge in [-0.25, -0.2) is 0 Å². The fourth-order valence-electron chi connectivity index (χ4n) is 0.439. The molecule has 8 heavy (non-hydrogen) atoms. The van der Waals surface area contributed by atoms with Crippen molar-refractivity contribution in [3.8, 4) is 0 Å². The molecule has 0 aromatic heterocycles. The third-order valence-electron chi connectivity index (χ3n) is 0.870. The Morgan fingerprint density at radius 1 is 1.12 bits per heavy atom. The molecule has 0 radical (unpaired) electrons. The summed E-state index contributed by atoms with van der Waals surface area (Å²) in [4.78, 5) is 0. The Labute approximate surface area is 49.1 Å². The summed E-state index contributed by atoms with van der Waals surface area (Å²) in [6, 6.07) is 0. The van der Waals surface area contributed by atoms with E-state index in [9.17, 15) is 0 Å². The van der Waals surface area contributed by atoms with Crippen LogP contribution in [0.25, 0.3) is 0 Å². The van der Waals surface area contributed by atoms with Gasteiger partial charge in [-0.2, -0.15) is 0 Å². The maximum Gasteiger partial charge on any atom is 0.451 e. The van der Waals surface area contributed by atoms with Crippen LogP contribution >= 0.6 is 0 Å². The van der Waals surface area contributed by atoms with Crippen LogP contribution in [0.5, 0.6) is 0 Å². The second-order valence-electron chi connectivity index (χ2n) is 1.70. The van der Waals surface area contributed by atoms with Crippen LogP contribution in [-0.4, -0.2) is 28.9 Å². The summed E-state index contributed by atoms with van der Waals surface area (Å²) in [6.45, 7) is 0.132. The number of unbranched alkanes of at least 4 members (excludes halogenated alkanes) is 1. The molecule has 0 aliphatic rings. The largest absolute Gasteiger partial charge is 0.451 e. The summed E-state index contributed by atoms with van der Waals surface area (Å²) in [5.74, 6) is 0. The maximum absolute atomic E-state index is 8.25. The van der Waals surface area contributed by atoms with Crippen LogP contribution in [0.2, 0.25) is 6.32 Å². The predicted octanol–water partition coefficient (Wildman–Crippen LogP) is -0.768. The van der Waals surface area contributed by atoms with Crippen molar-refractivity contribution in [2.45, 2.75) is 19.2 Å². The molecule has 3 nitrogen and oxygen atoms in total. The van der Waals surface area contributed by atoms with Gasteiger partial charge in [0.1, 0.15) is 0 Å². The van der Waals surface area contributed by atoms with E-state index in [0.29, 0.717) is 19.2 Å². The average Bonchev–Trinajstić information content (AvgIpc) is 1.66. The highest BCUT2D eigenvalue weighted by Crippen LogP contribution is 1.95. The Balaban J connectivity index is 2.72. The van der Waals surface area contributed by atoms with Crippen molar-refractivity contribution in [2.75, 3.05) is 6.61 Å². The van der Waals surface area contributed by atoms with E-state index in [2.05, 4.69) is 0 Å². The molecular weight excluding hydrogens is 107 g/mol. The summed E-state index contributed by atoms with van der Waals surface area (Å²) in [5.41, 5.74) is 0. The molecule has 4 heteroatoms. The maximum atomic E-state index is 8.25. The van der Waals surface area contributed by atoms with Crippen molar-refractivity contribution in [3.05, 3.63) is 0 Å². The smallest absolute Gasteiger partial charge is 0.427 e. The number of rotatable bonds is 4. The lowest BCUT2D eigenvalue weighted by Crippen LogP contribution is -2.09. The fraction of sp³-hybridized carbons (Fsp3) is 1.00. The first-order valence-electron chi connectivity index (χ1n) is 2.74. The standard InChI is InChI=1S/C4H11BO3/c6-4-2-1-3-5(7)8/h6-8H,1-4H2. The minimum atomic E-state index is -1.21. The molecule has 3 N–H and O–H groups in total. The van der Waals surface area contributed by atoms with Crippen LogP contribution in [0.3, 0.4) is 0 Å². The van der Waals surface area contributed by atoms with Crippen LogP contribution in [-0.2, 0) is 0 Å². The topological polar surface area (TPSA) is 60.7 Å². The van der Waals surface area contributed by atoms with E-state index < -0.39 is 7.12 Å². The van der Waals surface area contributed by atoms with E-state index >= 15 is 0 Å². The Morgan fingerprint density at radius 2 is 1.75 bits per heavy atom. The average molecular weight is 118 g/mol. The normalized spacial score (nSPS) is 9.38. The second-order valence-corrected chi connectivity index (χ2v) is 1.70. The van der Waals surface area contributed by atoms with E-state index in [-0.39, 0.29) is 6.61 Å². The van der Waals surface area contributed by atoms with E-state index in [0.717, 1.165) is 0 Å². The molecule has 0 rings (SSSR count). The second kappa shape index (κ2) is 5.09. The monoisotopic (exact) mass is 118 g/mol. The molecule has 0 aliphatic heterocycles.